The largest absolute Gasteiger partial charge is 0.265 e. The molecule has 0 saturated carbocycles. The Morgan fingerprint density at radius 1 is 0.295 bits per heavy atom. The molecule has 44 heavy (non-hydrogen) atoms. The van der Waals surface area contributed by atoms with Crippen LogP contribution in [0.3, 0.4) is 0 Å². The van der Waals surface area contributed by atoms with Crippen LogP contribution in [0, 0.1) is 0 Å². The Morgan fingerprint density at radius 2 is 0.773 bits per heavy atom. The maximum absolute atomic E-state index is 4.64. The zero-order chi connectivity index (χ0) is 29.3. The van der Waals surface area contributed by atoms with E-state index < -0.39 is 0 Å². The molecule has 8 rings (SSSR count). The van der Waals surface area contributed by atoms with Gasteiger partial charge in [-0.05, 0) is 109 Å². The molecule has 0 amide bonds. The first-order valence-electron chi connectivity index (χ1n) is 14.6. The molecule has 0 atom stereocenters. The van der Waals surface area contributed by atoms with Crippen molar-refractivity contribution in [3.05, 3.63) is 159 Å². The van der Waals surface area contributed by atoms with Crippen LogP contribution in [-0.2, 0) is 0 Å². The van der Waals surface area contributed by atoms with Crippen molar-refractivity contribution in [3.8, 4) is 55.6 Å². The van der Waals surface area contributed by atoms with E-state index in [-0.39, 0.29) is 0 Å². The minimum Gasteiger partial charge on any atom is -0.265 e. The molecule has 0 bridgehead atoms. The third-order valence-electron chi connectivity index (χ3n) is 8.29. The summed E-state index contributed by atoms with van der Waals surface area (Å²) in [5, 5.41) is 4.64. The second-order valence-electron chi connectivity index (χ2n) is 10.7. The molecule has 8 aromatic rings. The van der Waals surface area contributed by atoms with E-state index in [2.05, 4.69) is 129 Å². The molecule has 0 radical (unpaired) electrons. The van der Waals surface area contributed by atoms with Crippen LogP contribution in [0.4, 0.5) is 0 Å². The molecule has 0 aliphatic carbocycles. The van der Waals surface area contributed by atoms with Crippen molar-refractivity contribution in [1.82, 2.24) is 19.9 Å². The molecule has 4 heterocycles. The second-order valence-corrected chi connectivity index (χ2v) is 10.7. The van der Waals surface area contributed by atoms with Crippen molar-refractivity contribution in [2.45, 2.75) is 0 Å². The Labute approximate surface area is 255 Å². The Morgan fingerprint density at radius 3 is 1.34 bits per heavy atom. The molecule has 4 aromatic heterocycles. The molecule has 0 spiro atoms. The highest BCUT2D eigenvalue weighted by Crippen LogP contribution is 2.48. The molecule has 0 unspecified atom stereocenters. The van der Waals surface area contributed by atoms with Crippen molar-refractivity contribution >= 4 is 21.5 Å². The van der Waals surface area contributed by atoms with Crippen LogP contribution in [0.1, 0.15) is 0 Å². The highest BCUT2D eigenvalue weighted by Gasteiger charge is 2.21. The highest BCUT2D eigenvalue weighted by molar-refractivity contribution is 6.23. The van der Waals surface area contributed by atoms with Crippen LogP contribution in [0.2, 0.25) is 0 Å². The van der Waals surface area contributed by atoms with Gasteiger partial charge in [0, 0.05) is 60.7 Å². The Hall–Kier alpha value is -6.00. The number of rotatable bonds is 5. The first kappa shape index (κ1) is 25.7. The Bertz CT molecular complexity index is 2260. The third-order valence-corrected chi connectivity index (χ3v) is 8.29. The molecule has 0 fully saturated rings. The van der Waals surface area contributed by atoms with Crippen molar-refractivity contribution in [1.29, 1.82) is 0 Å². The van der Waals surface area contributed by atoms with Gasteiger partial charge in [0.15, 0.2) is 0 Å². The topological polar surface area (TPSA) is 51.6 Å². The molecule has 4 aromatic carbocycles. The van der Waals surface area contributed by atoms with Crippen LogP contribution < -0.4 is 0 Å². The fraction of sp³-hybridized carbons (Fsp3) is 0. The lowest BCUT2D eigenvalue weighted by Crippen LogP contribution is -1.95. The zero-order valence-electron chi connectivity index (χ0n) is 23.8. The molecule has 4 nitrogen and oxygen atoms in total. The smallest absolute Gasteiger partial charge is 0.0353 e. The van der Waals surface area contributed by atoms with Gasteiger partial charge in [-0.25, -0.2) is 0 Å². The van der Waals surface area contributed by atoms with Crippen LogP contribution in [0.5, 0.6) is 0 Å². The average molecular weight is 563 g/mol. The lowest BCUT2D eigenvalue weighted by atomic mass is 9.82. The SMILES string of the molecule is c1ccc(-c2ccc3c(-c4cnccc4-c4ccncc4)c4ccccc4c(-c4cnccc4-c4ccncc4)c3c2)cc1. The summed E-state index contributed by atoms with van der Waals surface area (Å²) in [5.74, 6) is 0. The predicted octanol–water partition coefficient (Wildman–Crippen LogP) is 9.91. The molecule has 4 heteroatoms. The molecule has 0 aliphatic heterocycles. The maximum Gasteiger partial charge on any atom is 0.0353 e. The van der Waals surface area contributed by atoms with E-state index in [9.17, 15) is 0 Å². The lowest BCUT2D eigenvalue weighted by Gasteiger charge is -2.21. The summed E-state index contributed by atoms with van der Waals surface area (Å²) in [6.45, 7) is 0. The van der Waals surface area contributed by atoms with Crippen molar-refractivity contribution in [2.75, 3.05) is 0 Å². The normalized spacial score (nSPS) is 11.2. The molecule has 0 aliphatic rings. The summed E-state index contributed by atoms with van der Waals surface area (Å²) in [4.78, 5) is 17.8. The van der Waals surface area contributed by atoms with Crippen LogP contribution >= 0.6 is 0 Å². The number of pyridine rings is 4. The first-order valence-corrected chi connectivity index (χ1v) is 14.6. The van der Waals surface area contributed by atoms with E-state index in [0.29, 0.717) is 0 Å². The monoisotopic (exact) mass is 562 g/mol. The van der Waals surface area contributed by atoms with Gasteiger partial charge in [0.25, 0.3) is 0 Å². The first-order chi connectivity index (χ1) is 21.9. The molecule has 0 saturated heterocycles. The van der Waals surface area contributed by atoms with E-state index >= 15 is 0 Å². The van der Waals surface area contributed by atoms with Gasteiger partial charge < -0.3 is 0 Å². The fourth-order valence-corrected chi connectivity index (χ4v) is 6.32. The number of nitrogens with zero attached hydrogens (tertiary/aromatic N) is 4. The van der Waals surface area contributed by atoms with Crippen LogP contribution in [0.25, 0.3) is 77.2 Å². The van der Waals surface area contributed by atoms with E-state index in [4.69, 9.17) is 0 Å². The minimum atomic E-state index is 1.08. The van der Waals surface area contributed by atoms with Crippen molar-refractivity contribution in [3.63, 3.8) is 0 Å². The van der Waals surface area contributed by atoms with Gasteiger partial charge in [0.1, 0.15) is 0 Å². The Balaban J connectivity index is 1.53. The Kier molecular flexibility index (Phi) is 6.43. The van der Waals surface area contributed by atoms with Gasteiger partial charge in [-0.2, -0.15) is 0 Å². The van der Waals surface area contributed by atoms with E-state index in [1.54, 1.807) is 0 Å². The maximum atomic E-state index is 4.64. The van der Waals surface area contributed by atoms with Crippen LogP contribution in [0.15, 0.2) is 159 Å². The fourth-order valence-electron chi connectivity index (χ4n) is 6.32. The zero-order valence-corrected chi connectivity index (χ0v) is 23.8. The van der Waals surface area contributed by atoms with Gasteiger partial charge in [-0.3, -0.25) is 19.9 Å². The van der Waals surface area contributed by atoms with Gasteiger partial charge in [-0.1, -0.05) is 66.7 Å². The number of hydrogen-bond acceptors (Lipinski definition) is 4. The highest BCUT2D eigenvalue weighted by atomic mass is 14.6. The number of fused-ring (bicyclic) bond motifs is 2. The van der Waals surface area contributed by atoms with Gasteiger partial charge in [-0.15, -0.1) is 0 Å². The van der Waals surface area contributed by atoms with Gasteiger partial charge in [0.05, 0.1) is 0 Å². The summed E-state index contributed by atoms with van der Waals surface area (Å²) in [5.41, 5.74) is 11.3. The second kappa shape index (κ2) is 11.0. The molecule has 0 N–H and O–H groups in total. The third kappa shape index (κ3) is 4.41. The molecular weight excluding hydrogens is 536 g/mol. The van der Waals surface area contributed by atoms with Gasteiger partial charge >= 0.3 is 0 Å². The number of aromatic nitrogens is 4. The minimum absolute atomic E-state index is 1.08. The number of hydrogen-bond donors (Lipinski definition) is 0. The van der Waals surface area contributed by atoms with Crippen molar-refractivity contribution < 1.29 is 0 Å². The van der Waals surface area contributed by atoms with Gasteiger partial charge in [0.2, 0.25) is 0 Å². The quantitative estimate of drug-likeness (QED) is 0.196. The van der Waals surface area contributed by atoms with E-state index in [1.807, 2.05) is 49.6 Å². The predicted molar refractivity (Wildman–Crippen MR) is 180 cm³/mol. The average Bonchev–Trinajstić information content (AvgIpc) is 3.11. The summed E-state index contributed by atoms with van der Waals surface area (Å²) < 4.78 is 0. The molecular formula is C40H26N4. The summed E-state index contributed by atoms with van der Waals surface area (Å²) in [7, 11) is 0. The lowest BCUT2D eigenvalue weighted by molar-refractivity contribution is 1.31. The van der Waals surface area contributed by atoms with Crippen molar-refractivity contribution in [2.24, 2.45) is 0 Å². The van der Waals surface area contributed by atoms with E-state index in [1.165, 1.54) is 5.56 Å². The summed E-state index contributed by atoms with van der Waals surface area (Å²) in [6.07, 6.45) is 15.1. The van der Waals surface area contributed by atoms with E-state index in [0.717, 1.165) is 71.6 Å². The standard InChI is InChI=1S/C40H26N4/c1-2-6-27(7-3-1)30-10-11-35-36(24-30)40(38-26-44-23-17-32(38)29-14-20-42-21-15-29)34-9-5-4-8-33(34)39(35)37-25-43-22-16-31(37)28-12-18-41-19-13-28/h1-26H. The summed E-state index contributed by atoms with van der Waals surface area (Å²) >= 11 is 0. The molecule has 206 valence electrons. The van der Waals surface area contributed by atoms with Crippen LogP contribution in [-0.4, -0.2) is 19.9 Å². The number of benzene rings is 4. The summed E-state index contributed by atoms with van der Waals surface area (Å²) in [6, 6.07) is 38.5.